The summed E-state index contributed by atoms with van der Waals surface area (Å²) >= 11 is 0. The van der Waals surface area contributed by atoms with E-state index < -0.39 is 0 Å². The van der Waals surface area contributed by atoms with Crippen molar-refractivity contribution in [2.24, 2.45) is 4.99 Å². The van der Waals surface area contributed by atoms with Crippen LogP contribution in [0.5, 0.6) is 0 Å². The molecule has 1 aliphatic rings. The quantitative estimate of drug-likeness (QED) is 0.699. The predicted molar refractivity (Wildman–Crippen MR) is 59.7 cm³/mol. The van der Waals surface area contributed by atoms with E-state index in [1.807, 2.05) is 36.4 Å². The Hall–Kier alpha value is -1.77. The molecule has 2 rings (SSSR count). The van der Waals surface area contributed by atoms with Crippen molar-refractivity contribution in [1.29, 1.82) is 0 Å². The molecule has 1 aromatic carbocycles. The second kappa shape index (κ2) is 4.64. The van der Waals surface area contributed by atoms with Crippen molar-refractivity contribution in [3.8, 4) is 0 Å². The highest BCUT2D eigenvalue weighted by Crippen LogP contribution is 2.17. The van der Waals surface area contributed by atoms with Crippen molar-refractivity contribution < 1.29 is 9.47 Å². The first kappa shape index (κ1) is 9.77. The Morgan fingerprint density at radius 2 is 2.07 bits per heavy atom. The Kier molecular flexibility index (Phi) is 3.02. The molecule has 3 nitrogen and oxygen atoms in total. The second-order valence-electron chi connectivity index (χ2n) is 3.15. The Balaban J connectivity index is 2.29. The molecule has 0 unspecified atom stereocenters. The summed E-state index contributed by atoms with van der Waals surface area (Å²) in [4.78, 5) is 4.21. The molecular weight excluding hydrogens is 190 g/mol. The van der Waals surface area contributed by atoms with Crippen LogP contribution in [0.1, 0.15) is 5.56 Å². The molecule has 1 heterocycles. The lowest BCUT2D eigenvalue weighted by Crippen LogP contribution is -1.97. The molecule has 1 aromatic rings. The van der Waals surface area contributed by atoms with E-state index in [4.69, 9.17) is 9.47 Å². The molecule has 0 aromatic heterocycles. The fourth-order valence-corrected chi connectivity index (χ4v) is 1.40. The van der Waals surface area contributed by atoms with Gasteiger partial charge >= 0.3 is 0 Å². The second-order valence-corrected chi connectivity index (χ2v) is 3.15. The number of nitrogens with zero attached hydrogens (tertiary/aromatic N) is 1. The van der Waals surface area contributed by atoms with Crippen molar-refractivity contribution in [3.63, 3.8) is 0 Å². The van der Waals surface area contributed by atoms with Gasteiger partial charge in [-0.25, -0.2) is 4.99 Å². The summed E-state index contributed by atoms with van der Waals surface area (Å²) in [7, 11) is 1.61. The molecule has 0 amide bonds. The van der Waals surface area contributed by atoms with Crippen LogP contribution in [0.15, 0.2) is 41.4 Å². The van der Waals surface area contributed by atoms with Gasteiger partial charge in [-0.05, 0) is 0 Å². The maximum Gasteiger partial charge on any atom is 0.212 e. The van der Waals surface area contributed by atoms with Gasteiger partial charge in [-0.3, -0.25) is 0 Å². The monoisotopic (exact) mass is 203 g/mol. The highest BCUT2D eigenvalue weighted by Gasteiger charge is 2.08. The molecule has 0 saturated heterocycles. The van der Waals surface area contributed by atoms with Crippen LogP contribution in [0.3, 0.4) is 0 Å². The van der Waals surface area contributed by atoms with E-state index in [-0.39, 0.29) is 0 Å². The van der Waals surface area contributed by atoms with Crippen LogP contribution < -0.4 is 0 Å². The summed E-state index contributed by atoms with van der Waals surface area (Å²) in [5, 5.41) is 0. The van der Waals surface area contributed by atoms with Crippen molar-refractivity contribution in [2.75, 3.05) is 20.3 Å². The van der Waals surface area contributed by atoms with Crippen molar-refractivity contribution in [2.45, 2.75) is 0 Å². The lowest BCUT2D eigenvalue weighted by molar-refractivity contribution is 0.290. The lowest BCUT2D eigenvalue weighted by atomic mass is 10.2. The molecule has 78 valence electrons. The van der Waals surface area contributed by atoms with Crippen LogP contribution >= 0.6 is 0 Å². The molecule has 0 saturated carbocycles. The predicted octanol–water partition coefficient (Wildman–Crippen LogP) is 2.10. The molecule has 15 heavy (non-hydrogen) atoms. The van der Waals surface area contributed by atoms with Gasteiger partial charge in [-0.15, -0.1) is 0 Å². The first-order valence-electron chi connectivity index (χ1n) is 4.88. The summed E-state index contributed by atoms with van der Waals surface area (Å²) in [6, 6.07) is 9.95. The molecule has 0 spiro atoms. The van der Waals surface area contributed by atoms with E-state index in [0.717, 1.165) is 11.3 Å². The highest BCUT2D eigenvalue weighted by atomic mass is 16.5. The van der Waals surface area contributed by atoms with Gasteiger partial charge in [-0.1, -0.05) is 30.3 Å². The zero-order chi connectivity index (χ0) is 10.5. The van der Waals surface area contributed by atoms with Crippen LogP contribution in [-0.4, -0.2) is 26.2 Å². The average molecular weight is 203 g/mol. The van der Waals surface area contributed by atoms with E-state index in [1.54, 1.807) is 7.11 Å². The molecule has 0 fully saturated rings. The van der Waals surface area contributed by atoms with Crippen molar-refractivity contribution in [3.05, 3.63) is 42.0 Å². The number of rotatable bonds is 1. The smallest absolute Gasteiger partial charge is 0.212 e. The van der Waals surface area contributed by atoms with E-state index in [1.165, 1.54) is 0 Å². The summed E-state index contributed by atoms with van der Waals surface area (Å²) < 4.78 is 10.7. The number of hydrogen-bond acceptors (Lipinski definition) is 3. The largest absolute Gasteiger partial charge is 0.491 e. The number of hydrogen-bond donors (Lipinski definition) is 0. The lowest BCUT2D eigenvalue weighted by Gasteiger charge is -2.07. The van der Waals surface area contributed by atoms with E-state index in [9.17, 15) is 0 Å². The summed E-state index contributed by atoms with van der Waals surface area (Å²) in [6.07, 6.45) is 1.82. The number of benzene rings is 1. The summed E-state index contributed by atoms with van der Waals surface area (Å²) in [5.41, 5.74) is 1.05. The Labute approximate surface area is 89.0 Å². The van der Waals surface area contributed by atoms with Gasteiger partial charge < -0.3 is 9.47 Å². The van der Waals surface area contributed by atoms with E-state index in [2.05, 4.69) is 4.99 Å². The topological polar surface area (TPSA) is 30.8 Å². The Bertz CT molecular complexity index is 382. The minimum absolute atomic E-state index is 0.591. The molecule has 1 aliphatic heterocycles. The van der Waals surface area contributed by atoms with Crippen LogP contribution in [0, 0.1) is 0 Å². The van der Waals surface area contributed by atoms with Gasteiger partial charge in [0.05, 0.1) is 13.7 Å². The molecular formula is C12H13NO2. The summed E-state index contributed by atoms with van der Waals surface area (Å²) in [6.45, 7) is 1.23. The van der Waals surface area contributed by atoms with E-state index >= 15 is 0 Å². The third-order valence-corrected chi connectivity index (χ3v) is 2.14. The number of ether oxygens (including phenoxy) is 2. The van der Waals surface area contributed by atoms with Crippen LogP contribution in [0.4, 0.5) is 0 Å². The first-order valence-corrected chi connectivity index (χ1v) is 4.88. The molecule has 0 bridgehead atoms. The van der Waals surface area contributed by atoms with Gasteiger partial charge in [0.25, 0.3) is 0 Å². The SMILES string of the molecule is COC1=NCCOC(c2ccccc2)=C1. The molecule has 0 aliphatic carbocycles. The maximum atomic E-state index is 5.59. The fourth-order valence-electron chi connectivity index (χ4n) is 1.40. The minimum atomic E-state index is 0.591. The number of methoxy groups -OCH3 is 1. The van der Waals surface area contributed by atoms with Gasteiger partial charge in [0, 0.05) is 11.6 Å². The van der Waals surface area contributed by atoms with Gasteiger partial charge in [0.1, 0.15) is 12.4 Å². The van der Waals surface area contributed by atoms with Gasteiger partial charge in [-0.2, -0.15) is 0 Å². The Morgan fingerprint density at radius 3 is 2.80 bits per heavy atom. The van der Waals surface area contributed by atoms with Crippen LogP contribution in [-0.2, 0) is 9.47 Å². The van der Waals surface area contributed by atoms with Crippen LogP contribution in [0.25, 0.3) is 5.76 Å². The third kappa shape index (κ3) is 2.37. The van der Waals surface area contributed by atoms with Crippen molar-refractivity contribution >= 4 is 11.7 Å². The Morgan fingerprint density at radius 1 is 1.27 bits per heavy atom. The normalized spacial score (nSPS) is 15.8. The van der Waals surface area contributed by atoms with Gasteiger partial charge in [0.2, 0.25) is 5.90 Å². The molecule has 3 heteroatoms. The van der Waals surface area contributed by atoms with Crippen LogP contribution in [0.2, 0.25) is 0 Å². The fraction of sp³-hybridized carbons (Fsp3) is 0.250. The summed E-state index contributed by atoms with van der Waals surface area (Å²) in [5.74, 6) is 1.43. The minimum Gasteiger partial charge on any atom is -0.491 e. The molecule has 0 N–H and O–H groups in total. The van der Waals surface area contributed by atoms with Gasteiger partial charge in [0.15, 0.2) is 0 Å². The average Bonchev–Trinajstić information content (AvgIpc) is 2.55. The molecule has 0 radical (unpaired) electrons. The maximum absolute atomic E-state index is 5.59. The zero-order valence-corrected chi connectivity index (χ0v) is 8.64. The zero-order valence-electron chi connectivity index (χ0n) is 8.64. The molecule has 0 atom stereocenters. The third-order valence-electron chi connectivity index (χ3n) is 2.14. The van der Waals surface area contributed by atoms with E-state index in [0.29, 0.717) is 19.0 Å². The standard InChI is InChI=1S/C12H13NO2/c1-14-12-9-11(15-8-7-13-12)10-5-3-2-4-6-10/h2-6,9H,7-8H2,1H3. The number of aliphatic imine (C=N–C) groups is 1. The first-order chi connectivity index (χ1) is 7.40. The van der Waals surface area contributed by atoms with Crippen molar-refractivity contribution in [1.82, 2.24) is 0 Å². The highest BCUT2D eigenvalue weighted by molar-refractivity contribution is 5.94.